The predicted octanol–water partition coefficient (Wildman–Crippen LogP) is 7.35. The van der Waals surface area contributed by atoms with E-state index in [1.165, 1.54) is 56.9 Å². The zero-order chi connectivity index (χ0) is 27.9. The Labute approximate surface area is 235 Å². The van der Waals surface area contributed by atoms with Crippen molar-refractivity contribution in [3.63, 3.8) is 0 Å². The second-order valence-electron chi connectivity index (χ2n) is 14.6. The van der Waals surface area contributed by atoms with Gasteiger partial charge in [-0.25, -0.2) is 9.59 Å². The molecular formula is C33H51NO5. The van der Waals surface area contributed by atoms with Gasteiger partial charge < -0.3 is 14.8 Å². The first-order valence-corrected chi connectivity index (χ1v) is 15.9. The first kappa shape index (κ1) is 28.7. The average molecular weight is 542 g/mol. The van der Waals surface area contributed by atoms with Gasteiger partial charge in [0.1, 0.15) is 12.1 Å². The van der Waals surface area contributed by atoms with Crippen molar-refractivity contribution in [3.8, 4) is 0 Å². The molecule has 39 heavy (non-hydrogen) atoms. The molecule has 0 spiro atoms. The van der Waals surface area contributed by atoms with E-state index in [0.717, 1.165) is 54.8 Å². The molecule has 0 aromatic carbocycles. The number of allylic oxidation sites excluding steroid dienone is 1. The Balaban J connectivity index is 1.18. The molecule has 0 aromatic heterocycles. The van der Waals surface area contributed by atoms with Crippen LogP contribution < -0.4 is 5.32 Å². The van der Waals surface area contributed by atoms with E-state index >= 15 is 0 Å². The van der Waals surface area contributed by atoms with Crippen LogP contribution in [0.1, 0.15) is 118 Å². The largest absolute Gasteiger partial charge is 0.462 e. The highest BCUT2D eigenvalue weighted by Gasteiger charge is 2.59. The smallest absolute Gasteiger partial charge is 0.415 e. The zero-order valence-corrected chi connectivity index (χ0v) is 24.9. The van der Waals surface area contributed by atoms with Crippen LogP contribution in [-0.2, 0) is 19.1 Å². The lowest BCUT2D eigenvalue weighted by Gasteiger charge is -2.58. The molecule has 5 rings (SSSR count). The first-order chi connectivity index (χ1) is 18.5. The number of alkyl carbamates (subject to hydrolysis) is 1. The lowest BCUT2D eigenvalue weighted by atomic mass is 9.47. The monoisotopic (exact) mass is 541 g/mol. The van der Waals surface area contributed by atoms with Crippen LogP contribution in [0.15, 0.2) is 11.6 Å². The summed E-state index contributed by atoms with van der Waals surface area (Å²) in [4.78, 5) is 35.4. The van der Waals surface area contributed by atoms with E-state index in [-0.39, 0.29) is 30.3 Å². The predicted molar refractivity (Wildman–Crippen MR) is 151 cm³/mol. The number of rotatable bonds is 9. The second-order valence-corrected chi connectivity index (χ2v) is 14.6. The third-order valence-corrected chi connectivity index (χ3v) is 12.0. The normalized spacial score (nSPS) is 40.2. The highest BCUT2D eigenvalue weighted by molar-refractivity contribution is 5.95. The molecular weight excluding hydrogens is 490 g/mol. The van der Waals surface area contributed by atoms with Crippen molar-refractivity contribution >= 4 is 18.0 Å². The van der Waals surface area contributed by atoms with Crippen LogP contribution >= 0.6 is 0 Å². The van der Waals surface area contributed by atoms with Crippen molar-refractivity contribution < 1.29 is 23.9 Å². The van der Waals surface area contributed by atoms with Crippen LogP contribution in [-0.4, -0.2) is 30.2 Å². The fourth-order valence-corrected chi connectivity index (χ4v) is 9.84. The van der Waals surface area contributed by atoms with Gasteiger partial charge in [0.25, 0.3) is 0 Å². The molecule has 5 aliphatic rings. The number of cyclic esters (lactones) is 2. The molecule has 218 valence electrons. The van der Waals surface area contributed by atoms with E-state index in [0.29, 0.717) is 5.41 Å². The highest BCUT2D eigenvalue weighted by Crippen LogP contribution is 2.67. The number of carbonyl (C=O) groups is 3. The summed E-state index contributed by atoms with van der Waals surface area (Å²) in [5, 5.41) is 2.44. The third kappa shape index (κ3) is 5.55. The van der Waals surface area contributed by atoms with Gasteiger partial charge in [0.15, 0.2) is 0 Å². The van der Waals surface area contributed by atoms with Gasteiger partial charge >= 0.3 is 18.0 Å². The van der Waals surface area contributed by atoms with Crippen LogP contribution in [0.5, 0.6) is 0 Å². The van der Waals surface area contributed by atoms with Crippen LogP contribution in [0.25, 0.3) is 0 Å². The van der Waals surface area contributed by atoms with E-state index < -0.39 is 18.1 Å². The third-order valence-electron chi connectivity index (χ3n) is 12.0. The average Bonchev–Trinajstić information content (AvgIpc) is 3.40. The fourth-order valence-electron chi connectivity index (χ4n) is 9.84. The Bertz CT molecular complexity index is 989. The Morgan fingerprint density at radius 2 is 1.87 bits per heavy atom. The van der Waals surface area contributed by atoms with Gasteiger partial charge in [0, 0.05) is 12.8 Å². The number of amides is 1. The topological polar surface area (TPSA) is 81.7 Å². The van der Waals surface area contributed by atoms with Gasteiger partial charge in [-0.15, -0.1) is 0 Å². The summed E-state index contributed by atoms with van der Waals surface area (Å²) in [7, 11) is 0. The van der Waals surface area contributed by atoms with Crippen molar-refractivity contribution in [2.75, 3.05) is 0 Å². The molecule has 6 nitrogen and oxygen atoms in total. The van der Waals surface area contributed by atoms with Gasteiger partial charge in [-0.3, -0.25) is 4.79 Å². The lowest BCUT2D eigenvalue weighted by molar-refractivity contribution is -0.151. The molecule has 0 radical (unpaired) electrons. The minimum Gasteiger partial charge on any atom is -0.462 e. The molecule has 3 saturated carbocycles. The van der Waals surface area contributed by atoms with Crippen molar-refractivity contribution in [1.29, 1.82) is 0 Å². The quantitative estimate of drug-likeness (QED) is 0.187. The van der Waals surface area contributed by atoms with Crippen LogP contribution in [0.3, 0.4) is 0 Å². The summed E-state index contributed by atoms with van der Waals surface area (Å²) in [6, 6.07) is -0.743. The van der Waals surface area contributed by atoms with Crippen molar-refractivity contribution in [2.45, 2.75) is 130 Å². The van der Waals surface area contributed by atoms with Crippen molar-refractivity contribution in [2.24, 2.45) is 46.3 Å². The molecule has 4 fully saturated rings. The summed E-state index contributed by atoms with van der Waals surface area (Å²) in [6.45, 7) is 12.4. The van der Waals surface area contributed by atoms with E-state index in [2.05, 4.69) is 50.7 Å². The number of carbonyl (C=O) groups excluding carboxylic acids is 3. The Morgan fingerprint density at radius 3 is 2.59 bits per heavy atom. The van der Waals surface area contributed by atoms with E-state index in [1.54, 1.807) is 0 Å². The van der Waals surface area contributed by atoms with E-state index in [9.17, 15) is 14.4 Å². The Morgan fingerprint density at radius 1 is 1.08 bits per heavy atom. The molecule has 1 N–H and O–H groups in total. The van der Waals surface area contributed by atoms with E-state index in [4.69, 9.17) is 4.74 Å². The number of ether oxygens (including phenoxy) is 2. The van der Waals surface area contributed by atoms with Crippen LogP contribution in [0.2, 0.25) is 0 Å². The van der Waals surface area contributed by atoms with Gasteiger partial charge in [0.05, 0.1) is 0 Å². The molecule has 4 aliphatic carbocycles. The molecule has 1 heterocycles. The SMILES string of the molecule is CC(C)CCC[C@@H](C)[C@H]1CC[C@H]2[C@@H]3CC=C4C[C@@H](OC(=O)CCC5NC(=O)OC5=O)CC[C@]4(C)[C@H]3CC[C@]12C. The maximum Gasteiger partial charge on any atom is 0.415 e. The number of fused-ring (bicyclic) bond motifs is 5. The lowest BCUT2D eigenvalue weighted by Crippen LogP contribution is -2.51. The first-order valence-electron chi connectivity index (χ1n) is 15.9. The Hall–Kier alpha value is -1.85. The van der Waals surface area contributed by atoms with Gasteiger partial charge in [-0.1, -0.05) is 65.5 Å². The molecule has 6 heteroatoms. The second kappa shape index (κ2) is 11.2. The van der Waals surface area contributed by atoms with Crippen LogP contribution in [0, 0.1) is 46.3 Å². The maximum atomic E-state index is 12.6. The Kier molecular flexibility index (Phi) is 8.23. The standard InChI is InChI=1S/C33H51NO5/c1-20(2)7-6-8-21(3)25-11-12-26-24-10-9-22-19-23(15-17-32(22,4)27(24)16-18-33(25,26)5)38-29(35)14-13-28-30(36)39-31(37)34-28/h9,20-21,23-28H,6-8,10-19H2,1-5H3,(H,34,37)/t21-,23+,24+,25-,26+,27+,28?,32+,33-/m1/s1. The van der Waals surface area contributed by atoms with Gasteiger partial charge in [-0.05, 0) is 97.7 Å². The number of hydrogen-bond donors (Lipinski definition) is 1. The summed E-state index contributed by atoms with van der Waals surface area (Å²) in [6.07, 6.45) is 15.7. The molecule has 1 amide bonds. The molecule has 1 aliphatic heterocycles. The summed E-state index contributed by atoms with van der Waals surface area (Å²) in [5.74, 6) is 4.01. The number of nitrogens with one attached hydrogen (secondary N) is 1. The maximum absolute atomic E-state index is 12.6. The minimum absolute atomic E-state index is 0.0881. The molecule has 9 atom stereocenters. The minimum atomic E-state index is -0.743. The van der Waals surface area contributed by atoms with Crippen LogP contribution in [0.4, 0.5) is 4.79 Å². The van der Waals surface area contributed by atoms with Crippen molar-refractivity contribution in [1.82, 2.24) is 5.32 Å². The van der Waals surface area contributed by atoms with Gasteiger partial charge in [0.2, 0.25) is 0 Å². The number of esters is 2. The summed E-state index contributed by atoms with van der Waals surface area (Å²) < 4.78 is 10.4. The zero-order valence-electron chi connectivity index (χ0n) is 24.9. The summed E-state index contributed by atoms with van der Waals surface area (Å²) in [5.41, 5.74) is 2.24. The molecule has 0 bridgehead atoms. The van der Waals surface area contributed by atoms with Crippen molar-refractivity contribution in [3.05, 3.63) is 11.6 Å². The van der Waals surface area contributed by atoms with Gasteiger partial charge in [-0.2, -0.15) is 0 Å². The summed E-state index contributed by atoms with van der Waals surface area (Å²) >= 11 is 0. The number of hydrogen-bond acceptors (Lipinski definition) is 5. The molecule has 1 unspecified atom stereocenters. The molecule has 0 aromatic rings. The molecule has 1 saturated heterocycles. The highest BCUT2D eigenvalue weighted by atomic mass is 16.6. The fraction of sp³-hybridized carbons (Fsp3) is 0.848. The van der Waals surface area contributed by atoms with E-state index in [1.807, 2.05) is 0 Å².